The summed E-state index contributed by atoms with van der Waals surface area (Å²) in [5, 5.41) is 9.31. The van der Waals surface area contributed by atoms with E-state index in [9.17, 15) is 4.79 Å². The molecule has 0 saturated carbocycles. The van der Waals surface area contributed by atoms with E-state index in [1.54, 1.807) is 0 Å². The Labute approximate surface area is 168 Å². The Morgan fingerprint density at radius 2 is 1.86 bits per heavy atom. The van der Waals surface area contributed by atoms with Gasteiger partial charge in [0.15, 0.2) is 5.65 Å². The molecule has 1 N–H and O–H groups in total. The van der Waals surface area contributed by atoms with E-state index < -0.39 is 0 Å². The molecule has 0 atom stereocenters. The number of carbonyl (C=O) groups excluding carboxylic acids is 1. The standard InChI is InChI=1S/C22H21ClN4O/c1-14-17(11-12-21(28)24-13-16-7-3-5-9-19(16)23)15(2)27-22(25-14)18-8-4-6-10-20(18)26-27/h3-10H,11-13H2,1-2H3,(H,24,28). The van der Waals surface area contributed by atoms with Gasteiger partial charge in [-0.15, -0.1) is 0 Å². The highest BCUT2D eigenvalue weighted by molar-refractivity contribution is 6.31. The van der Waals surface area contributed by atoms with Crippen LogP contribution in [0.4, 0.5) is 0 Å². The number of hydrogen-bond donors (Lipinski definition) is 1. The van der Waals surface area contributed by atoms with Crippen LogP contribution >= 0.6 is 11.6 Å². The first kappa shape index (κ1) is 18.4. The van der Waals surface area contributed by atoms with Crippen molar-refractivity contribution < 1.29 is 4.79 Å². The average molecular weight is 393 g/mol. The second-order valence-electron chi connectivity index (χ2n) is 6.88. The fourth-order valence-corrected chi connectivity index (χ4v) is 3.70. The number of amides is 1. The summed E-state index contributed by atoms with van der Waals surface area (Å²) in [4.78, 5) is 17.1. The van der Waals surface area contributed by atoms with Gasteiger partial charge in [-0.25, -0.2) is 9.50 Å². The molecule has 0 unspecified atom stereocenters. The quantitative estimate of drug-likeness (QED) is 0.547. The number of aromatic nitrogens is 3. The molecular weight excluding hydrogens is 372 g/mol. The third-order valence-corrected chi connectivity index (χ3v) is 5.42. The predicted molar refractivity (Wildman–Crippen MR) is 112 cm³/mol. The molecule has 0 aliphatic rings. The number of nitrogens with one attached hydrogen (secondary N) is 1. The number of aryl methyl sites for hydroxylation is 2. The Balaban J connectivity index is 1.51. The van der Waals surface area contributed by atoms with Gasteiger partial charge in [0.05, 0.1) is 5.52 Å². The second-order valence-corrected chi connectivity index (χ2v) is 7.29. The lowest BCUT2D eigenvalue weighted by Gasteiger charge is -2.11. The van der Waals surface area contributed by atoms with Gasteiger partial charge in [-0.2, -0.15) is 5.10 Å². The van der Waals surface area contributed by atoms with Crippen LogP contribution in [0.25, 0.3) is 16.6 Å². The number of benzene rings is 2. The summed E-state index contributed by atoms with van der Waals surface area (Å²) in [6.07, 6.45) is 1.01. The van der Waals surface area contributed by atoms with Gasteiger partial charge >= 0.3 is 0 Å². The number of rotatable bonds is 5. The van der Waals surface area contributed by atoms with E-state index in [2.05, 4.69) is 10.4 Å². The molecule has 2 heterocycles. The van der Waals surface area contributed by atoms with Gasteiger partial charge in [-0.1, -0.05) is 41.9 Å². The maximum Gasteiger partial charge on any atom is 0.220 e. The summed E-state index contributed by atoms with van der Waals surface area (Å²) >= 11 is 6.14. The minimum absolute atomic E-state index is 0.00977. The largest absolute Gasteiger partial charge is 0.352 e. The summed E-state index contributed by atoms with van der Waals surface area (Å²) in [6.45, 7) is 4.45. The van der Waals surface area contributed by atoms with Gasteiger partial charge in [-0.3, -0.25) is 4.79 Å². The molecule has 4 aromatic rings. The van der Waals surface area contributed by atoms with E-state index >= 15 is 0 Å². The molecule has 0 aliphatic heterocycles. The highest BCUT2D eigenvalue weighted by Crippen LogP contribution is 2.23. The predicted octanol–water partition coefficient (Wildman–Crippen LogP) is 4.40. The molecule has 6 heteroatoms. The SMILES string of the molecule is Cc1nc2c3ccccc3nn2c(C)c1CCC(=O)NCc1ccccc1Cl. The molecule has 2 aromatic carbocycles. The van der Waals surface area contributed by atoms with Crippen molar-refractivity contribution in [2.45, 2.75) is 33.2 Å². The van der Waals surface area contributed by atoms with Crippen molar-refractivity contribution in [1.82, 2.24) is 19.9 Å². The molecule has 0 fully saturated rings. The lowest BCUT2D eigenvalue weighted by Crippen LogP contribution is -2.23. The maximum absolute atomic E-state index is 12.3. The maximum atomic E-state index is 12.3. The van der Waals surface area contributed by atoms with Crippen LogP contribution in [0.15, 0.2) is 48.5 Å². The normalized spacial score (nSPS) is 11.2. The third-order valence-electron chi connectivity index (χ3n) is 5.05. The summed E-state index contributed by atoms with van der Waals surface area (Å²) in [6, 6.07) is 15.5. The molecule has 1 amide bonds. The molecule has 0 spiro atoms. The van der Waals surface area contributed by atoms with Crippen LogP contribution < -0.4 is 5.32 Å². The van der Waals surface area contributed by atoms with Crippen LogP contribution in [0, 0.1) is 13.8 Å². The smallest absolute Gasteiger partial charge is 0.220 e. The van der Waals surface area contributed by atoms with E-state index in [1.807, 2.05) is 66.9 Å². The van der Waals surface area contributed by atoms with Crippen molar-refractivity contribution in [2.75, 3.05) is 0 Å². The van der Waals surface area contributed by atoms with E-state index in [-0.39, 0.29) is 5.91 Å². The fraction of sp³-hybridized carbons (Fsp3) is 0.227. The number of carbonyl (C=O) groups is 1. The zero-order valence-electron chi connectivity index (χ0n) is 15.9. The third kappa shape index (κ3) is 3.45. The monoisotopic (exact) mass is 392 g/mol. The van der Waals surface area contributed by atoms with Gasteiger partial charge in [-0.05, 0) is 49.6 Å². The molecule has 0 aliphatic carbocycles. The lowest BCUT2D eigenvalue weighted by molar-refractivity contribution is -0.121. The number of fused-ring (bicyclic) bond motifs is 3. The van der Waals surface area contributed by atoms with Crippen molar-refractivity contribution in [3.63, 3.8) is 0 Å². The fourth-order valence-electron chi connectivity index (χ4n) is 3.50. The van der Waals surface area contributed by atoms with E-state index in [0.29, 0.717) is 24.4 Å². The molecule has 2 aromatic heterocycles. The molecule has 0 radical (unpaired) electrons. The van der Waals surface area contributed by atoms with Crippen LogP contribution in [0.1, 0.15) is 28.9 Å². The van der Waals surface area contributed by atoms with Gasteiger partial charge in [0.1, 0.15) is 0 Å². The molecule has 28 heavy (non-hydrogen) atoms. The van der Waals surface area contributed by atoms with Crippen LogP contribution in [0.2, 0.25) is 5.02 Å². The van der Waals surface area contributed by atoms with E-state index in [1.165, 1.54) is 0 Å². The van der Waals surface area contributed by atoms with Crippen molar-refractivity contribution in [2.24, 2.45) is 0 Å². The van der Waals surface area contributed by atoms with Crippen LogP contribution in [0.3, 0.4) is 0 Å². The average Bonchev–Trinajstić information content (AvgIpc) is 3.06. The Morgan fingerprint density at radius 1 is 1.11 bits per heavy atom. The molecule has 5 nitrogen and oxygen atoms in total. The van der Waals surface area contributed by atoms with Crippen molar-refractivity contribution >= 4 is 34.1 Å². The van der Waals surface area contributed by atoms with E-state index in [0.717, 1.165) is 39.1 Å². The summed E-state index contributed by atoms with van der Waals surface area (Å²) in [7, 11) is 0. The summed E-state index contributed by atoms with van der Waals surface area (Å²) < 4.78 is 1.88. The van der Waals surface area contributed by atoms with Crippen molar-refractivity contribution in [3.8, 4) is 0 Å². The van der Waals surface area contributed by atoms with Crippen LogP contribution in [-0.2, 0) is 17.8 Å². The minimum Gasteiger partial charge on any atom is -0.352 e. The Bertz CT molecular complexity index is 1180. The number of nitrogens with zero attached hydrogens (tertiary/aromatic N) is 3. The Morgan fingerprint density at radius 3 is 2.68 bits per heavy atom. The van der Waals surface area contributed by atoms with Crippen molar-refractivity contribution in [3.05, 3.63) is 76.1 Å². The topological polar surface area (TPSA) is 59.3 Å². The van der Waals surface area contributed by atoms with Crippen molar-refractivity contribution in [1.29, 1.82) is 0 Å². The highest BCUT2D eigenvalue weighted by atomic mass is 35.5. The molecule has 0 saturated heterocycles. The molecule has 0 bridgehead atoms. The summed E-state index contributed by atoms with van der Waals surface area (Å²) in [5.41, 5.74) is 5.72. The van der Waals surface area contributed by atoms with Gasteiger partial charge in [0.2, 0.25) is 5.91 Å². The Hall–Kier alpha value is -2.92. The first-order chi connectivity index (χ1) is 13.5. The van der Waals surface area contributed by atoms with Gasteiger partial charge in [0, 0.05) is 34.8 Å². The minimum atomic E-state index is -0.00977. The van der Waals surface area contributed by atoms with Crippen LogP contribution in [-0.4, -0.2) is 20.5 Å². The van der Waals surface area contributed by atoms with Crippen LogP contribution in [0.5, 0.6) is 0 Å². The second kappa shape index (κ2) is 7.60. The van der Waals surface area contributed by atoms with E-state index in [4.69, 9.17) is 16.6 Å². The first-order valence-electron chi connectivity index (χ1n) is 9.28. The zero-order chi connectivity index (χ0) is 19.7. The first-order valence-corrected chi connectivity index (χ1v) is 9.66. The molecule has 4 rings (SSSR count). The molecule has 142 valence electrons. The number of halogens is 1. The Kier molecular flexibility index (Phi) is 5.01. The highest BCUT2D eigenvalue weighted by Gasteiger charge is 2.15. The van der Waals surface area contributed by atoms with Gasteiger partial charge in [0.25, 0.3) is 0 Å². The molecular formula is C22H21ClN4O. The number of hydrogen-bond acceptors (Lipinski definition) is 3. The lowest BCUT2D eigenvalue weighted by atomic mass is 10.1. The van der Waals surface area contributed by atoms with Gasteiger partial charge < -0.3 is 5.32 Å². The summed E-state index contributed by atoms with van der Waals surface area (Å²) in [5.74, 6) is -0.00977. The zero-order valence-corrected chi connectivity index (χ0v) is 16.6.